The highest BCUT2D eigenvalue weighted by atomic mass is 32.1. The third-order valence-corrected chi connectivity index (χ3v) is 3.26. The second-order valence-corrected chi connectivity index (χ2v) is 4.41. The van der Waals surface area contributed by atoms with E-state index < -0.39 is 0 Å². The van der Waals surface area contributed by atoms with Crippen LogP contribution in [-0.2, 0) is 0 Å². The van der Waals surface area contributed by atoms with Gasteiger partial charge in [-0.2, -0.15) is 0 Å². The smallest absolute Gasteiger partial charge is 0.173 e. The van der Waals surface area contributed by atoms with Crippen LogP contribution in [0.2, 0.25) is 0 Å². The third-order valence-electron chi connectivity index (χ3n) is 2.49. The number of aromatic nitrogens is 3. The number of anilines is 1. The minimum absolute atomic E-state index is 0.718. The second-order valence-electron chi connectivity index (χ2n) is 3.53. The van der Waals surface area contributed by atoms with E-state index >= 15 is 0 Å². The molecule has 2 aromatic heterocycles. The normalized spacial score (nSPS) is 10.6. The molecule has 0 aliphatic heterocycles. The molecule has 3 aromatic rings. The predicted octanol–water partition coefficient (Wildman–Crippen LogP) is 2.80. The van der Waals surface area contributed by atoms with Gasteiger partial charge in [0.2, 0.25) is 0 Å². The molecule has 0 atom stereocenters. The molecule has 4 nitrogen and oxygen atoms in total. The van der Waals surface area contributed by atoms with Gasteiger partial charge in [-0.05, 0) is 12.1 Å². The summed E-state index contributed by atoms with van der Waals surface area (Å²) in [5.74, 6) is 1.56. The average Bonchev–Trinajstić information content (AvgIpc) is 2.91. The number of nitrogens with zero attached hydrogens (tertiary/aromatic N) is 3. The molecule has 0 bridgehead atoms. The summed E-state index contributed by atoms with van der Waals surface area (Å²) in [4.78, 5) is 14.1. The third kappa shape index (κ3) is 1.74. The van der Waals surface area contributed by atoms with E-state index in [0.717, 1.165) is 27.4 Å². The number of benzene rings is 1. The molecule has 0 spiro atoms. The van der Waals surface area contributed by atoms with Gasteiger partial charge < -0.3 is 5.32 Å². The van der Waals surface area contributed by atoms with E-state index in [4.69, 9.17) is 0 Å². The molecule has 0 aliphatic rings. The van der Waals surface area contributed by atoms with E-state index in [2.05, 4.69) is 20.3 Å². The minimum Gasteiger partial charge on any atom is -0.373 e. The monoisotopic (exact) mass is 242 g/mol. The lowest BCUT2D eigenvalue weighted by Gasteiger charge is -2.06. The van der Waals surface area contributed by atoms with Crippen molar-refractivity contribution in [3.8, 4) is 10.7 Å². The highest BCUT2D eigenvalue weighted by Crippen LogP contribution is 2.26. The molecule has 17 heavy (non-hydrogen) atoms. The molecule has 1 aromatic carbocycles. The van der Waals surface area contributed by atoms with Crippen LogP contribution < -0.4 is 5.32 Å². The summed E-state index contributed by atoms with van der Waals surface area (Å²) in [7, 11) is 1.87. The summed E-state index contributed by atoms with van der Waals surface area (Å²) < 4.78 is 0. The van der Waals surface area contributed by atoms with Gasteiger partial charge in [0.25, 0.3) is 0 Å². The summed E-state index contributed by atoms with van der Waals surface area (Å²) in [6.45, 7) is 0. The Morgan fingerprint density at radius 1 is 1.18 bits per heavy atom. The number of hydrogen-bond donors (Lipinski definition) is 1. The fraction of sp³-hybridized carbons (Fsp3) is 0.0833. The molecule has 0 amide bonds. The Kier molecular flexibility index (Phi) is 2.45. The Morgan fingerprint density at radius 3 is 2.82 bits per heavy atom. The lowest BCUT2D eigenvalue weighted by Crippen LogP contribution is -1.97. The van der Waals surface area contributed by atoms with Crippen molar-refractivity contribution < 1.29 is 0 Å². The van der Waals surface area contributed by atoms with Crippen molar-refractivity contribution in [2.24, 2.45) is 0 Å². The lowest BCUT2D eigenvalue weighted by molar-refractivity contribution is 1.22. The Balaban J connectivity index is 2.28. The first-order valence-corrected chi connectivity index (χ1v) is 6.10. The van der Waals surface area contributed by atoms with E-state index in [1.807, 2.05) is 31.3 Å². The van der Waals surface area contributed by atoms with Crippen molar-refractivity contribution in [1.29, 1.82) is 0 Å². The highest BCUT2D eigenvalue weighted by Gasteiger charge is 2.08. The Morgan fingerprint density at radius 2 is 2.06 bits per heavy atom. The zero-order valence-electron chi connectivity index (χ0n) is 9.21. The number of para-hydroxylation sites is 1. The summed E-state index contributed by atoms with van der Waals surface area (Å²) in [5, 5.41) is 4.14. The SMILES string of the molecule is CNc1nc(-c2cncs2)nc2ccccc12. The maximum Gasteiger partial charge on any atom is 0.173 e. The zero-order chi connectivity index (χ0) is 11.7. The lowest BCUT2D eigenvalue weighted by atomic mass is 10.2. The predicted molar refractivity (Wildman–Crippen MR) is 70.2 cm³/mol. The molecular formula is C12H10N4S. The molecule has 0 unspecified atom stereocenters. The first-order chi connectivity index (χ1) is 8.38. The Hall–Kier alpha value is -2.01. The van der Waals surface area contributed by atoms with E-state index in [-0.39, 0.29) is 0 Å². The highest BCUT2D eigenvalue weighted by molar-refractivity contribution is 7.13. The number of rotatable bonds is 2. The summed E-state index contributed by atoms with van der Waals surface area (Å²) in [6.07, 6.45) is 1.79. The first kappa shape index (κ1) is 10.2. The molecule has 0 radical (unpaired) electrons. The largest absolute Gasteiger partial charge is 0.373 e. The van der Waals surface area contributed by atoms with Gasteiger partial charge in [-0.15, -0.1) is 11.3 Å². The summed E-state index contributed by atoms with van der Waals surface area (Å²) in [5.41, 5.74) is 2.72. The van der Waals surface area contributed by atoms with Crippen LogP contribution in [0.1, 0.15) is 0 Å². The molecule has 84 valence electrons. The molecule has 1 N–H and O–H groups in total. The molecule has 0 saturated heterocycles. The maximum absolute atomic E-state index is 4.55. The number of hydrogen-bond acceptors (Lipinski definition) is 5. The topological polar surface area (TPSA) is 50.7 Å². The van der Waals surface area contributed by atoms with Crippen LogP contribution >= 0.6 is 11.3 Å². The molecule has 5 heteroatoms. The van der Waals surface area contributed by atoms with Gasteiger partial charge in [-0.1, -0.05) is 12.1 Å². The van der Waals surface area contributed by atoms with Crippen LogP contribution in [0.25, 0.3) is 21.6 Å². The van der Waals surface area contributed by atoms with E-state index in [1.165, 1.54) is 11.3 Å². The van der Waals surface area contributed by atoms with Gasteiger partial charge in [0, 0.05) is 18.6 Å². The fourth-order valence-electron chi connectivity index (χ4n) is 1.70. The van der Waals surface area contributed by atoms with Gasteiger partial charge in [-0.3, -0.25) is 4.98 Å². The Bertz CT molecular complexity index is 649. The average molecular weight is 242 g/mol. The quantitative estimate of drug-likeness (QED) is 0.750. The van der Waals surface area contributed by atoms with E-state index in [9.17, 15) is 0 Å². The summed E-state index contributed by atoms with van der Waals surface area (Å²) >= 11 is 1.54. The zero-order valence-corrected chi connectivity index (χ0v) is 10.0. The van der Waals surface area contributed by atoms with Crippen molar-refractivity contribution in [1.82, 2.24) is 15.0 Å². The van der Waals surface area contributed by atoms with E-state index in [1.54, 1.807) is 11.7 Å². The second kappa shape index (κ2) is 4.10. The van der Waals surface area contributed by atoms with Gasteiger partial charge in [0.15, 0.2) is 5.82 Å². The number of thiazole rings is 1. The standard InChI is InChI=1S/C12H10N4S/c1-13-11-8-4-2-3-5-9(8)15-12(16-11)10-6-14-7-17-10/h2-7H,1H3,(H,13,15,16). The van der Waals surface area contributed by atoms with Crippen LogP contribution in [0.15, 0.2) is 36.0 Å². The number of nitrogens with one attached hydrogen (secondary N) is 1. The van der Waals surface area contributed by atoms with Crippen LogP contribution in [0, 0.1) is 0 Å². The van der Waals surface area contributed by atoms with Crippen LogP contribution in [-0.4, -0.2) is 22.0 Å². The van der Waals surface area contributed by atoms with Crippen LogP contribution in [0.5, 0.6) is 0 Å². The molecule has 2 heterocycles. The molecule has 3 rings (SSSR count). The van der Waals surface area contributed by atoms with E-state index in [0.29, 0.717) is 0 Å². The van der Waals surface area contributed by atoms with Crippen molar-refractivity contribution in [3.05, 3.63) is 36.0 Å². The first-order valence-electron chi connectivity index (χ1n) is 5.22. The van der Waals surface area contributed by atoms with Crippen LogP contribution in [0.3, 0.4) is 0 Å². The van der Waals surface area contributed by atoms with Crippen LogP contribution in [0.4, 0.5) is 5.82 Å². The van der Waals surface area contributed by atoms with Crippen molar-refractivity contribution >= 4 is 28.1 Å². The maximum atomic E-state index is 4.55. The van der Waals surface area contributed by atoms with Gasteiger partial charge in [0.1, 0.15) is 5.82 Å². The molecular weight excluding hydrogens is 232 g/mol. The van der Waals surface area contributed by atoms with Gasteiger partial charge in [0.05, 0.1) is 15.9 Å². The number of fused-ring (bicyclic) bond motifs is 1. The van der Waals surface area contributed by atoms with Crippen molar-refractivity contribution in [2.45, 2.75) is 0 Å². The van der Waals surface area contributed by atoms with Gasteiger partial charge in [-0.25, -0.2) is 9.97 Å². The molecule has 0 fully saturated rings. The molecule has 0 saturated carbocycles. The van der Waals surface area contributed by atoms with Crippen molar-refractivity contribution in [2.75, 3.05) is 12.4 Å². The van der Waals surface area contributed by atoms with Gasteiger partial charge >= 0.3 is 0 Å². The molecule has 0 aliphatic carbocycles. The Labute approximate surface area is 102 Å². The summed E-state index contributed by atoms with van der Waals surface area (Å²) in [6, 6.07) is 7.96. The fourth-order valence-corrected chi connectivity index (χ4v) is 2.26. The van der Waals surface area contributed by atoms with Crippen molar-refractivity contribution in [3.63, 3.8) is 0 Å². The minimum atomic E-state index is 0.718.